The third kappa shape index (κ3) is 5.30. The Labute approximate surface area is 133 Å². The first-order chi connectivity index (χ1) is 9.33. The fraction of sp³-hybridized carbons (Fsp3) is 0.714. The van der Waals surface area contributed by atoms with Gasteiger partial charge >= 0.3 is 6.09 Å². The van der Waals surface area contributed by atoms with E-state index in [0.717, 1.165) is 28.4 Å². The Hall–Kier alpha value is -0.790. The van der Waals surface area contributed by atoms with E-state index in [-0.39, 0.29) is 6.09 Å². The van der Waals surface area contributed by atoms with E-state index < -0.39 is 5.60 Å². The number of ether oxygens (including phenoxy) is 1. The number of aromatic nitrogens is 2. The molecule has 1 fully saturated rings. The molecule has 1 amide bonds. The van der Waals surface area contributed by atoms with Crippen LogP contribution in [0.1, 0.15) is 39.4 Å². The molecule has 0 saturated heterocycles. The molecule has 5 nitrogen and oxygen atoms in total. The summed E-state index contributed by atoms with van der Waals surface area (Å²) in [5.41, 5.74) is -0.453. The van der Waals surface area contributed by atoms with Gasteiger partial charge in [0, 0.05) is 25.7 Å². The predicted molar refractivity (Wildman–Crippen MR) is 85.6 cm³/mol. The Bertz CT molecular complexity index is 475. The van der Waals surface area contributed by atoms with Crippen molar-refractivity contribution in [3.8, 4) is 0 Å². The fourth-order valence-corrected chi connectivity index (χ4v) is 2.56. The Morgan fingerprint density at radius 3 is 2.85 bits per heavy atom. The van der Waals surface area contributed by atoms with Crippen LogP contribution in [0.25, 0.3) is 0 Å². The van der Waals surface area contributed by atoms with Gasteiger partial charge in [-0.3, -0.25) is 0 Å². The van der Waals surface area contributed by atoms with Gasteiger partial charge in [0.2, 0.25) is 0 Å². The minimum atomic E-state index is -0.453. The lowest BCUT2D eigenvalue weighted by Gasteiger charge is -2.19. The number of amides is 1. The number of halogens is 1. The van der Waals surface area contributed by atoms with Crippen molar-refractivity contribution in [2.45, 2.75) is 52.2 Å². The summed E-state index contributed by atoms with van der Waals surface area (Å²) in [6.45, 7) is 6.87. The third-order valence-electron chi connectivity index (χ3n) is 3.02. The first-order valence-corrected chi connectivity index (χ1v) is 8.10. The molecule has 1 aliphatic rings. The molecule has 1 N–H and O–H groups in total. The first kappa shape index (κ1) is 15.6. The number of imidazole rings is 1. The topological polar surface area (TPSA) is 56.1 Å². The summed E-state index contributed by atoms with van der Waals surface area (Å²) in [7, 11) is 0. The second-order valence-electron chi connectivity index (χ2n) is 6.25. The summed E-state index contributed by atoms with van der Waals surface area (Å²) in [5, 5.41) is 2.78. The van der Waals surface area contributed by atoms with Gasteiger partial charge in [-0.2, -0.15) is 0 Å². The molecule has 1 aliphatic carbocycles. The molecule has 0 bridgehead atoms. The fourth-order valence-electron chi connectivity index (χ4n) is 1.95. The minimum Gasteiger partial charge on any atom is -0.444 e. The molecular formula is C14H22IN3O2. The van der Waals surface area contributed by atoms with Crippen molar-refractivity contribution >= 4 is 28.7 Å². The molecule has 2 rings (SSSR count). The van der Waals surface area contributed by atoms with Crippen LogP contribution in [-0.2, 0) is 17.7 Å². The predicted octanol–water partition coefficient (Wildman–Crippen LogP) is 2.96. The van der Waals surface area contributed by atoms with Gasteiger partial charge in [0.25, 0.3) is 0 Å². The van der Waals surface area contributed by atoms with Crippen LogP contribution < -0.4 is 5.32 Å². The number of rotatable bonds is 5. The highest BCUT2D eigenvalue weighted by atomic mass is 127. The summed E-state index contributed by atoms with van der Waals surface area (Å²) in [6.07, 6.45) is 5.36. The number of hydrogen-bond donors (Lipinski definition) is 1. The van der Waals surface area contributed by atoms with Crippen molar-refractivity contribution in [1.82, 2.24) is 14.9 Å². The van der Waals surface area contributed by atoms with E-state index in [2.05, 4.69) is 37.5 Å². The number of hydrogen-bond acceptors (Lipinski definition) is 3. The smallest absolute Gasteiger partial charge is 0.407 e. The van der Waals surface area contributed by atoms with Gasteiger partial charge in [-0.05, 0) is 62.1 Å². The second-order valence-corrected chi connectivity index (χ2v) is 7.35. The SMILES string of the molecule is CC(C)(C)OC(=O)NCCn1cc(I)nc1CC1CC1. The maximum atomic E-state index is 11.6. The van der Waals surface area contributed by atoms with Gasteiger partial charge in [0.1, 0.15) is 15.1 Å². The van der Waals surface area contributed by atoms with Crippen molar-refractivity contribution in [1.29, 1.82) is 0 Å². The molecule has 112 valence electrons. The number of alkyl carbamates (subject to hydrolysis) is 1. The van der Waals surface area contributed by atoms with Gasteiger partial charge < -0.3 is 14.6 Å². The van der Waals surface area contributed by atoms with E-state index in [1.54, 1.807) is 0 Å². The van der Waals surface area contributed by atoms with Crippen molar-refractivity contribution < 1.29 is 9.53 Å². The maximum Gasteiger partial charge on any atom is 0.407 e. The molecule has 6 heteroatoms. The van der Waals surface area contributed by atoms with Gasteiger partial charge in [-0.15, -0.1) is 0 Å². The Morgan fingerprint density at radius 1 is 1.55 bits per heavy atom. The van der Waals surface area contributed by atoms with Gasteiger partial charge in [-0.1, -0.05) is 0 Å². The Morgan fingerprint density at radius 2 is 2.25 bits per heavy atom. The zero-order chi connectivity index (χ0) is 14.8. The van der Waals surface area contributed by atoms with E-state index in [1.807, 2.05) is 27.0 Å². The quantitative estimate of drug-likeness (QED) is 0.786. The Balaban J connectivity index is 1.80. The highest BCUT2D eigenvalue weighted by Gasteiger charge is 2.24. The van der Waals surface area contributed by atoms with Crippen molar-refractivity contribution in [3.63, 3.8) is 0 Å². The zero-order valence-corrected chi connectivity index (χ0v) is 14.4. The summed E-state index contributed by atoms with van der Waals surface area (Å²) < 4.78 is 8.36. The van der Waals surface area contributed by atoms with E-state index in [1.165, 1.54) is 12.8 Å². The van der Waals surface area contributed by atoms with Crippen LogP contribution >= 0.6 is 22.6 Å². The zero-order valence-electron chi connectivity index (χ0n) is 12.3. The van der Waals surface area contributed by atoms with E-state index in [9.17, 15) is 4.79 Å². The lowest BCUT2D eigenvalue weighted by molar-refractivity contribution is 0.0526. The van der Waals surface area contributed by atoms with Crippen LogP contribution in [0.15, 0.2) is 6.20 Å². The standard InChI is InChI=1S/C14H22IN3O2/c1-14(2,3)20-13(19)16-6-7-18-9-11(15)17-12(18)8-10-4-5-10/h9-10H,4-8H2,1-3H3,(H,16,19). The van der Waals surface area contributed by atoms with Crippen LogP contribution in [0.2, 0.25) is 0 Å². The number of carbonyl (C=O) groups excluding carboxylic acids is 1. The average molecular weight is 391 g/mol. The molecule has 0 aromatic carbocycles. The van der Waals surface area contributed by atoms with Crippen molar-refractivity contribution in [2.24, 2.45) is 5.92 Å². The van der Waals surface area contributed by atoms with Crippen LogP contribution in [0.5, 0.6) is 0 Å². The molecule has 1 saturated carbocycles. The number of nitrogens with zero attached hydrogens (tertiary/aromatic N) is 2. The molecule has 0 atom stereocenters. The molecule has 1 aromatic rings. The molecule has 0 spiro atoms. The van der Waals surface area contributed by atoms with E-state index >= 15 is 0 Å². The molecule has 0 unspecified atom stereocenters. The molecule has 0 aliphatic heterocycles. The van der Waals surface area contributed by atoms with Crippen molar-refractivity contribution in [2.75, 3.05) is 6.54 Å². The third-order valence-corrected chi connectivity index (χ3v) is 3.54. The van der Waals surface area contributed by atoms with E-state index in [4.69, 9.17) is 4.74 Å². The largest absolute Gasteiger partial charge is 0.444 e. The monoisotopic (exact) mass is 391 g/mol. The molecule has 20 heavy (non-hydrogen) atoms. The normalized spacial score (nSPS) is 15.2. The number of carbonyl (C=O) groups is 1. The highest BCUT2D eigenvalue weighted by Crippen LogP contribution is 2.32. The number of nitrogens with one attached hydrogen (secondary N) is 1. The summed E-state index contributed by atoms with van der Waals surface area (Å²) in [4.78, 5) is 16.1. The van der Waals surface area contributed by atoms with Crippen LogP contribution in [-0.4, -0.2) is 27.8 Å². The summed E-state index contributed by atoms with van der Waals surface area (Å²) in [5.74, 6) is 1.94. The molecular weight excluding hydrogens is 369 g/mol. The average Bonchev–Trinajstić information content (AvgIpc) is 3.01. The van der Waals surface area contributed by atoms with Crippen LogP contribution in [0.4, 0.5) is 4.79 Å². The maximum absolute atomic E-state index is 11.6. The van der Waals surface area contributed by atoms with Crippen molar-refractivity contribution in [3.05, 3.63) is 15.7 Å². The molecule has 0 radical (unpaired) electrons. The Kier molecular flexibility index (Phi) is 4.93. The molecule has 1 heterocycles. The van der Waals surface area contributed by atoms with E-state index in [0.29, 0.717) is 6.54 Å². The molecule has 1 aromatic heterocycles. The van der Waals surface area contributed by atoms with Crippen LogP contribution in [0, 0.1) is 9.62 Å². The van der Waals surface area contributed by atoms with Gasteiger partial charge in [-0.25, -0.2) is 9.78 Å². The lowest BCUT2D eigenvalue weighted by atomic mass is 10.2. The minimum absolute atomic E-state index is 0.365. The lowest BCUT2D eigenvalue weighted by Crippen LogP contribution is -2.34. The summed E-state index contributed by atoms with van der Waals surface area (Å²) >= 11 is 2.23. The van der Waals surface area contributed by atoms with Gasteiger partial charge in [0.15, 0.2) is 0 Å². The summed E-state index contributed by atoms with van der Waals surface area (Å²) in [6, 6.07) is 0. The van der Waals surface area contributed by atoms with Crippen LogP contribution in [0.3, 0.4) is 0 Å². The second kappa shape index (κ2) is 6.32. The van der Waals surface area contributed by atoms with Gasteiger partial charge in [0.05, 0.1) is 0 Å². The highest BCUT2D eigenvalue weighted by molar-refractivity contribution is 14.1. The first-order valence-electron chi connectivity index (χ1n) is 7.02.